The summed E-state index contributed by atoms with van der Waals surface area (Å²) >= 11 is 1.47. The normalized spacial score (nSPS) is 10.3. The second-order valence-corrected chi connectivity index (χ2v) is 6.57. The molecule has 0 aliphatic heterocycles. The Kier molecular flexibility index (Phi) is 6.35. The van der Waals surface area contributed by atoms with E-state index in [4.69, 9.17) is 4.74 Å². The number of aryl methyl sites for hydroxylation is 1. The summed E-state index contributed by atoms with van der Waals surface area (Å²) in [4.78, 5) is 25.6. The van der Waals surface area contributed by atoms with Gasteiger partial charge in [0, 0.05) is 24.3 Å². The first-order valence-corrected chi connectivity index (χ1v) is 8.39. The molecule has 2 aromatic rings. The van der Waals surface area contributed by atoms with E-state index in [1.165, 1.54) is 11.3 Å². The first kappa shape index (κ1) is 17.2. The highest BCUT2D eigenvalue weighted by molar-refractivity contribution is 7.14. The molecule has 122 valence electrons. The average Bonchev–Trinajstić information content (AvgIpc) is 3.00. The van der Waals surface area contributed by atoms with Crippen molar-refractivity contribution >= 4 is 23.0 Å². The standard InChI is InChI=1S/C18H21NO3S/c1-13-3-9-17(23-13)16(20)8-10-18(21)19-12-11-14-4-6-15(22-2)7-5-14/h3-7,9H,8,10-12H2,1-2H3,(H,19,21). The lowest BCUT2D eigenvalue weighted by Crippen LogP contribution is -2.26. The summed E-state index contributed by atoms with van der Waals surface area (Å²) in [5, 5.41) is 2.85. The topological polar surface area (TPSA) is 55.4 Å². The number of rotatable bonds is 8. The molecule has 0 aliphatic rings. The number of carbonyl (C=O) groups is 2. The van der Waals surface area contributed by atoms with Crippen molar-refractivity contribution in [2.24, 2.45) is 0 Å². The van der Waals surface area contributed by atoms with E-state index in [2.05, 4.69) is 5.32 Å². The second-order valence-electron chi connectivity index (χ2n) is 5.28. The lowest BCUT2D eigenvalue weighted by molar-refractivity contribution is -0.121. The van der Waals surface area contributed by atoms with Crippen LogP contribution in [0.5, 0.6) is 5.75 Å². The van der Waals surface area contributed by atoms with Crippen LogP contribution in [-0.4, -0.2) is 25.3 Å². The van der Waals surface area contributed by atoms with E-state index in [-0.39, 0.29) is 24.5 Å². The van der Waals surface area contributed by atoms with Crippen LogP contribution in [0.4, 0.5) is 0 Å². The van der Waals surface area contributed by atoms with Crippen molar-refractivity contribution in [3.63, 3.8) is 0 Å². The predicted octanol–water partition coefficient (Wildman–Crippen LogP) is 3.39. The van der Waals surface area contributed by atoms with Gasteiger partial charge in [-0.2, -0.15) is 0 Å². The van der Waals surface area contributed by atoms with Crippen LogP contribution in [-0.2, 0) is 11.2 Å². The van der Waals surface area contributed by atoms with Gasteiger partial charge in [-0.1, -0.05) is 12.1 Å². The number of ether oxygens (including phenoxy) is 1. The van der Waals surface area contributed by atoms with Gasteiger partial charge in [-0.05, 0) is 43.2 Å². The number of carbonyl (C=O) groups excluding carboxylic acids is 2. The van der Waals surface area contributed by atoms with E-state index in [1.807, 2.05) is 43.3 Å². The van der Waals surface area contributed by atoms with Gasteiger partial charge in [0.1, 0.15) is 5.75 Å². The van der Waals surface area contributed by atoms with Gasteiger partial charge < -0.3 is 10.1 Å². The van der Waals surface area contributed by atoms with E-state index >= 15 is 0 Å². The first-order valence-electron chi connectivity index (χ1n) is 7.58. The van der Waals surface area contributed by atoms with Gasteiger partial charge in [0.25, 0.3) is 0 Å². The molecule has 0 fully saturated rings. The number of ketones is 1. The molecular formula is C18H21NO3S. The molecule has 5 heteroatoms. The van der Waals surface area contributed by atoms with Gasteiger partial charge in [0.2, 0.25) is 5.91 Å². The highest BCUT2D eigenvalue weighted by atomic mass is 32.1. The molecule has 1 heterocycles. The summed E-state index contributed by atoms with van der Waals surface area (Å²) in [5.41, 5.74) is 1.14. The third-order valence-corrected chi connectivity index (χ3v) is 4.53. The van der Waals surface area contributed by atoms with Crippen molar-refractivity contribution in [3.05, 3.63) is 51.7 Å². The maximum Gasteiger partial charge on any atom is 0.220 e. The molecule has 0 saturated heterocycles. The molecule has 0 saturated carbocycles. The van der Waals surface area contributed by atoms with Crippen LogP contribution in [0.25, 0.3) is 0 Å². The monoisotopic (exact) mass is 331 g/mol. The third kappa shape index (κ3) is 5.53. The Balaban J connectivity index is 1.67. The van der Waals surface area contributed by atoms with Gasteiger partial charge in [-0.3, -0.25) is 9.59 Å². The summed E-state index contributed by atoms with van der Waals surface area (Å²) < 4.78 is 5.10. The Morgan fingerprint density at radius 3 is 2.43 bits per heavy atom. The number of hydrogen-bond donors (Lipinski definition) is 1. The minimum absolute atomic E-state index is 0.0356. The zero-order valence-corrected chi connectivity index (χ0v) is 14.2. The Morgan fingerprint density at radius 2 is 1.83 bits per heavy atom. The van der Waals surface area contributed by atoms with Crippen molar-refractivity contribution in [1.82, 2.24) is 5.32 Å². The van der Waals surface area contributed by atoms with Gasteiger partial charge in [-0.25, -0.2) is 0 Å². The molecule has 1 aromatic carbocycles. The number of nitrogens with one attached hydrogen (secondary N) is 1. The van der Waals surface area contributed by atoms with Gasteiger partial charge in [0.05, 0.1) is 12.0 Å². The lowest BCUT2D eigenvalue weighted by Gasteiger charge is -2.06. The van der Waals surface area contributed by atoms with Crippen molar-refractivity contribution < 1.29 is 14.3 Å². The average molecular weight is 331 g/mol. The summed E-state index contributed by atoms with van der Waals surface area (Å²) in [7, 11) is 1.63. The summed E-state index contributed by atoms with van der Waals surface area (Å²) in [6.45, 7) is 2.53. The highest BCUT2D eigenvalue weighted by Crippen LogP contribution is 2.17. The molecule has 1 N–H and O–H groups in total. The Labute approximate surface area is 140 Å². The van der Waals surface area contributed by atoms with Crippen LogP contribution in [0.2, 0.25) is 0 Å². The SMILES string of the molecule is COc1ccc(CCNC(=O)CCC(=O)c2ccc(C)s2)cc1. The molecule has 0 bridgehead atoms. The Morgan fingerprint density at radius 1 is 1.09 bits per heavy atom. The van der Waals surface area contributed by atoms with Gasteiger partial charge in [-0.15, -0.1) is 11.3 Å². The number of benzene rings is 1. The molecule has 1 aromatic heterocycles. The van der Waals surface area contributed by atoms with Crippen LogP contribution >= 0.6 is 11.3 Å². The fourth-order valence-electron chi connectivity index (χ4n) is 2.16. The molecule has 0 atom stereocenters. The van der Waals surface area contributed by atoms with Crippen molar-refractivity contribution in [1.29, 1.82) is 0 Å². The zero-order chi connectivity index (χ0) is 16.7. The third-order valence-electron chi connectivity index (χ3n) is 3.49. The molecule has 23 heavy (non-hydrogen) atoms. The maximum atomic E-state index is 11.9. The summed E-state index contributed by atoms with van der Waals surface area (Å²) in [6, 6.07) is 11.5. The van der Waals surface area contributed by atoms with Crippen LogP contribution < -0.4 is 10.1 Å². The quantitative estimate of drug-likeness (QED) is 0.754. The van der Waals surface area contributed by atoms with E-state index in [9.17, 15) is 9.59 Å². The molecule has 0 unspecified atom stereocenters. The molecule has 0 radical (unpaired) electrons. The van der Waals surface area contributed by atoms with Crippen LogP contribution in [0, 0.1) is 6.92 Å². The Hall–Kier alpha value is -2.14. The zero-order valence-electron chi connectivity index (χ0n) is 13.4. The fourth-order valence-corrected chi connectivity index (χ4v) is 3.00. The summed E-state index contributed by atoms with van der Waals surface area (Å²) in [6.07, 6.45) is 1.25. The van der Waals surface area contributed by atoms with Crippen LogP contribution in [0.3, 0.4) is 0 Å². The van der Waals surface area contributed by atoms with Crippen molar-refractivity contribution in [3.8, 4) is 5.75 Å². The molecule has 1 amide bonds. The number of hydrogen-bond acceptors (Lipinski definition) is 4. The van der Waals surface area contributed by atoms with Gasteiger partial charge >= 0.3 is 0 Å². The van der Waals surface area contributed by atoms with Crippen molar-refractivity contribution in [2.75, 3.05) is 13.7 Å². The van der Waals surface area contributed by atoms with Crippen LogP contribution in [0.1, 0.15) is 33.0 Å². The van der Waals surface area contributed by atoms with Crippen LogP contribution in [0.15, 0.2) is 36.4 Å². The number of methoxy groups -OCH3 is 1. The maximum absolute atomic E-state index is 11.9. The lowest BCUT2D eigenvalue weighted by atomic mass is 10.1. The largest absolute Gasteiger partial charge is 0.497 e. The first-order chi connectivity index (χ1) is 11.1. The van der Waals surface area contributed by atoms with Crippen molar-refractivity contribution in [2.45, 2.75) is 26.2 Å². The number of Topliss-reactive ketones (excluding diaryl/α,β-unsaturated/α-hetero) is 1. The minimum atomic E-state index is -0.0832. The van der Waals surface area contributed by atoms with E-state index < -0.39 is 0 Å². The van der Waals surface area contributed by atoms with Gasteiger partial charge in [0.15, 0.2) is 5.78 Å². The van der Waals surface area contributed by atoms with E-state index in [0.717, 1.165) is 27.5 Å². The fraction of sp³-hybridized carbons (Fsp3) is 0.333. The summed E-state index contributed by atoms with van der Waals surface area (Å²) in [5.74, 6) is 0.772. The number of thiophene rings is 1. The smallest absolute Gasteiger partial charge is 0.220 e. The number of amides is 1. The molecular weight excluding hydrogens is 310 g/mol. The Bertz CT molecular complexity index is 661. The molecule has 0 spiro atoms. The molecule has 2 rings (SSSR count). The molecule has 0 aliphatic carbocycles. The van der Waals surface area contributed by atoms with E-state index in [1.54, 1.807) is 7.11 Å². The van der Waals surface area contributed by atoms with E-state index in [0.29, 0.717) is 6.54 Å². The minimum Gasteiger partial charge on any atom is -0.497 e. The highest BCUT2D eigenvalue weighted by Gasteiger charge is 2.10. The predicted molar refractivity (Wildman–Crippen MR) is 92.3 cm³/mol. The second kappa shape index (κ2) is 8.48. The molecule has 4 nitrogen and oxygen atoms in total.